The second-order valence-corrected chi connectivity index (χ2v) is 7.69. The van der Waals surface area contributed by atoms with Gasteiger partial charge in [0.1, 0.15) is 11.0 Å². The number of aliphatic imine (C=N–C) groups is 1. The molecule has 1 N–H and O–H groups in total. The zero-order chi connectivity index (χ0) is 20.1. The van der Waals surface area contributed by atoms with Crippen LogP contribution in [0.15, 0.2) is 53.5 Å². The van der Waals surface area contributed by atoms with Crippen LogP contribution in [0.2, 0.25) is 5.02 Å². The van der Waals surface area contributed by atoms with E-state index in [1.165, 1.54) is 16.7 Å². The summed E-state index contributed by atoms with van der Waals surface area (Å²) in [7, 11) is 1.66. The maximum absolute atomic E-state index is 12.5. The molecule has 1 saturated heterocycles. The molecule has 0 aromatic heterocycles. The Balaban J connectivity index is 1.64. The minimum atomic E-state index is -0.508. The van der Waals surface area contributed by atoms with Gasteiger partial charge in [-0.25, -0.2) is 4.99 Å². The van der Waals surface area contributed by atoms with Crippen molar-refractivity contribution in [2.45, 2.75) is 18.6 Å². The molecule has 146 valence electrons. The van der Waals surface area contributed by atoms with Gasteiger partial charge < -0.3 is 10.1 Å². The highest BCUT2D eigenvalue weighted by Gasteiger charge is 2.37. The van der Waals surface area contributed by atoms with Gasteiger partial charge in [0.15, 0.2) is 5.17 Å². The van der Waals surface area contributed by atoms with E-state index in [2.05, 4.69) is 10.3 Å². The normalized spacial score (nSPS) is 17.8. The number of benzene rings is 2. The van der Waals surface area contributed by atoms with E-state index in [-0.39, 0.29) is 18.2 Å². The Morgan fingerprint density at radius 2 is 2.04 bits per heavy atom. The molecule has 1 unspecified atom stereocenters. The first kappa shape index (κ1) is 20.2. The van der Waals surface area contributed by atoms with Gasteiger partial charge in [-0.1, -0.05) is 29.4 Å². The molecule has 0 saturated carbocycles. The molecule has 3 rings (SSSR count). The zero-order valence-electron chi connectivity index (χ0n) is 15.5. The first-order chi connectivity index (χ1) is 13.5. The number of nitrogens with zero attached hydrogens (tertiary/aromatic N) is 2. The zero-order valence-corrected chi connectivity index (χ0v) is 17.1. The van der Waals surface area contributed by atoms with E-state index < -0.39 is 5.25 Å². The Labute approximate surface area is 172 Å². The predicted octanol–water partition coefficient (Wildman–Crippen LogP) is 4.33. The molecule has 1 aliphatic heterocycles. The summed E-state index contributed by atoms with van der Waals surface area (Å²) >= 11 is 7.17. The average molecular weight is 418 g/mol. The molecule has 0 aliphatic carbocycles. The Morgan fingerprint density at radius 3 is 2.75 bits per heavy atom. The molecule has 1 heterocycles. The van der Waals surface area contributed by atoms with Crippen LogP contribution in [0.5, 0.6) is 5.75 Å². The fraction of sp³-hybridized carbons (Fsp3) is 0.250. The number of amidine groups is 1. The molecule has 28 heavy (non-hydrogen) atoms. The lowest BCUT2D eigenvalue weighted by atomic mass is 10.2. The monoisotopic (exact) mass is 417 g/mol. The third kappa shape index (κ3) is 5.05. The van der Waals surface area contributed by atoms with Crippen LogP contribution in [0.4, 0.5) is 11.4 Å². The van der Waals surface area contributed by atoms with Gasteiger partial charge in [-0.2, -0.15) is 0 Å². The highest BCUT2D eigenvalue weighted by atomic mass is 35.5. The van der Waals surface area contributed by atoms with Gasteiger partial charge in [0, 0.05) is 30.2 Å². The largest absolute Gasteiger partial charge is 0.494 e. The summed E-state index contributed by atoms with van der Waals surface area (Å²) in [6.45, 7) is 2.44. The van der Waals surface area contributed by atoms with Crippen LogP contribution in [-0.2, 0) is 9.59 Å². The van der Waals surface area contributed by atoms with Crippen LogP contribution in [0.3, 0.4) is 0 Å². The molecule has 1 aliphatic rings. The van der Waals surface area contributed by atoms with Crippen molar-refractivity contribution in [2.75, 3.05) is 19.0 Å². The summed E-state index contributed by atoms with van der Waals surface area (Å²) in [4.78, 5) is 30.9. The van der Waals surface area contributed by atoms with Crippen LogP contribution in [-0.4, -0.2) is 40.8 Å². The maximum atomic E-state index is 12.5. The lowest BCUT2D eigenvalue weighted by Crippen LogP contribution is -2.30. The van der Waals surface area contributed by atoms with E-state index in [9.17, 15) is 9.59 Å². The molecule has 1 atom stereocenters. The molecular formula is C20H20ClN3O3S. The number of halogens is 1. The number of carbonyl (C=O) groups is 2. The molecule has 0 bridgehead atoms. The lowest BCUT2D eigenvalue weighted by molar-refractivity contribution is -0.127. The average Bonchev–Trinajstić information content (AvgIpc) is 2.92. The van der Waals surface area contributed by atoms with Crippen molar-refractivity contribution in [3.63, 3.8) is 0 Å². The van der Waals surface area contributed by atoms with Crippen molar-refractivity contribution in [2.24, 2.45) is 4.99 Å². The van der Waals surface area contributed by atoms with Crippen LogP contribution in [0.25, 0.3) is 0 Å². The fourth-order valence-corrected chi connectivity index (χ4v) is 3.91. The number of thioether (sulfide) groups is 1. The predicted molar refractivity (Wildman–Crippen MR) is 114 cm³/mol. The molecule has 6 nitrogen and oxygen atoms in total. The van der Waals surface area contributed by atoms with Crippen LogP contribution in [0, 0.1) is 0 Å². The van der Waals surface area contributed by atoms with Crippen molar-refractivity contribution in [1.82, 2.24) is 4.90 Å². The Morgan fingerprint density at radius 1 is 1.29 bits per heavy atom. The molecular weight excluding hydrogens is 398 g/mol. The molecule has 8 heteroatoms. The van der Waals surface area contributed by atoms with Crippen LogP contribution < -0.4 is 10.1 Å². The van der Waals surface area contributed by atoms with E-state index in [4.69, 9.17) is 16.3 Å². The maximum Gasteiger partial charge on any atom is 0.242 e. The van der Waals surface area contributed by atoms with E-state index in [1.807, 2.05) is 13.0 Å². The minimum Gasteiger partial charge on any atom is -0.494 e. The van der Waals surface area contributed by atoms with Gasteiger partial charge in [-0.05, 0) is 43.3 Å². The number of nitrogens with one attached hydrogen (secondary N) is 1. The van der Waals surface area contributed by atoms with Crippen molar-refractivity contribution in [3.8, 4) is 5.75 Å². The third-order valence-electron chi connectivity index (χ3n) is 3.99. The Hall–Kier alpha value is -2.51. The van der Waals surface area contributed by atoms with Gasteiger partial charge in [0.05, 0.1) is 12.3 Å². The first-order valence-corrected chi connectivity index (χ1v) is 10.0. The number of ether oxygens (including phenoxy) is 1. The number of amides is 2. The summed E-state index contributed by atoms with van der Waals surface area (Å²) in [5.41, 5.74) is 1.33. The van der Waals surface area contributed by atoms with E-state index in [0.717, 1.165) is 0 Å². The molecule has 0 spiro atoms. The summed E-state index contributed by atoms with van der Waals surface area (Å²) in [6, 6.07) is 14.2. The number of hydrogen-bond donors (Lipinski definition) is 1. The number of anilines is 1. The van der Waals surface area contributed by atoms with Gasteiger partial charge in [0.25, 0.3) is 0 Å². The van der Waals surface area contributed by atoms with Gasteiger partial charge in [-0.3, -0.25) is 14.5 Å². The molecule has 2 amide bonds. The summed E-state index contributed by atoms with van der Waals surface area (Å²) in [5, 5.41) is 3.49. The molecule has 1 fully saturated rings. The number of carbonyl (C=O) groups excluding carboxylic acids is 2. The van der Waals surface area contributed by atoms with Gasteiger partial charge in [-0.15, -0.1) is 0 Å². The lowest BCUT2D eigenvalue weighted by Gasteiger charge is -2.10. The van der Waals surface area contributed by atoms with E-state index >= 15 is 0 Å². The Kier molecular flexibility index (Phi) is 6.59. The minimum absolute atomic E-state index is 0.0618. The van der Waals surface area contributed by atoms with Crippen LogP contribution >= 0.6 is 23.4 Å². The Bertz CT molecular complexity index is 902. The topological polar surface area (TPSA) is 71.0 Å². The van der Waals surface area contributed by atoms with Crippen molar-refractivity contribution >= 4 is 51.7 Å². The fourth-order valence-electron chi connectivity index (χ4n) is 2.63. The van der Waals surface area contributed by atoms with Crippen molar-refractivity contribution in [3.05, 3.63) is 53.6 Å². The third-order valence-corrected chi connectivity index (χ3v) is 5.47. The molecule has 0 radical (unpaired) electrons. The second kappa shape index (κ2) is 9.12. The first-order valence-electron chi connectivity index (χ1n) is 8.77. The highest BCUT2D eigenvalue weighted by molar-refractivity contribution is 8.15. The SMILES string of the molecule is CCOc1cccc(NC(=O)CC2SC(=Nc3ccc(Cl)cc3)N(C)C2=O)c1. The molecule has 2 aromatic rings. The number of hydrogen-bond acceptors (Lipinski definition) is 5. The van der Waals surface area contributed by atoms with Crippen molar-refractivity contribution in [1.29, 1.82) is 0 Å². The summed E-state index contributed by atoms with van der Waals surface area (Å²) in [5.74, 6) is 0.306. The number of rotatable bonds is 6. The quantitative estimate of drug-likeness (QED) is 0.759. The standard InChI is InChI=1S/C20H20ClN3O3S/c1-3-27-16-6-4-5-15(11-16)22-18(25)12-17-19(26)24(2)20(28-17)23-14-9-7-13(21)8-10-14/h4-11,17H,3,12H2,1-2H3,(H,22,25). The summed E-state index contributed by atoms with van der Waals surface area (Å²) in [6.07, 6.45) is 0.0618. The van der Waals surface area contributed by atoms with E-state index in [0.29, 0.717) is 33.9 Å². The van der Waals surface area contributed by atoms with Gasteiger partial charge >= 0.3 is 0 Å². The highest BCUT2D eigenvalue weighted by Crippen LogP contribution is 2.31. The second-order valence-electron chi connectivity index (χ2n) is 6.09. The van der Waals surface area contributed by atoms with Gasteiger partial charge in [0.2, 0.25) is 11.8 Å². The summed E-state index contributed by atoms with van der Waals surface area (Å²) < 4.78 is 5.43. The van der Waals surface area contributed by atoms with Crippen LogP contribution in [0.1, 0.15) is 13.3 Å². The smallest absolute Gasteiger partial charge is 0.242 e. The molecule has 2 aromatic carbocycles. The van der Waals surface area contributed by atoms with Crippen molar-refractivity contribution < 1.29 is 14.3 Å². The van der Waals surface area contributed by atoms with E-state index in [1.54, 1.807) is 49.5 Å².